The number of hydrogen-bond acceptors (Lipinski definition) is 10. The summed E-state index contributed by atoms with van der Waals surface area (Å²) in [4.78, 5) is 47.9. The van der Waals surface area contributed by atoms with Crippen molar-refractivity contribution in [2.45, 2.75) is 12.8 Å². The number of fused-ring (bicyclic) bond motifs is 3. The molecule has 0 unspecified atom stereocenters. The topological polar surface area (TPSA) is 124 Å². The Morgan fingerprint density at radius 1 is 0.587 bits per heavy atom. The first-order valence-corrected chi connectivity index (χ1v) is 14.0. The number of carbonyl (C=O) groups excluding carboxylic acids is 4. The normalized spacial score (nSPS) is 11.3. The smallest absolute Gasteiger partial charge is 0.343 e. The summed E-state index contributed by atoms with van der Waals surface area (Å²) in [6, 6.07) is 23.4. The summed E-state index contributed by atoms with van der Waals surface area (Å²) in [5.74, 6) is -0.749. The first-order valence-electron chi connectivity index (χ1n) is 14.0. The molecule has 0 saturated heterocycles. The van der Waals surface area contributed by atoms with E-state index < -0.39 is 23.9 Å². The zero-order valence-electron chi connectivity index (χ0n) is 24.7. The third-order valence-corrected chi connectivity index (χ3v) is 7.06. The maximum Gasteiger partial charge on any atom is 0.343 e. The van der Waals surface area contributed by atoms with Gasteiger partial charge in [-0.25, -0.2) is 19.2 Å². The van der Waals surface area contributed by atoms with Crippen molar-refractivity contribution in [3.05, 3.63) is 132 Å². The second-order valence-electron chi connectivity index (χ2n) is 9.91. The Kier molecular flexibility index (Phi) is 9.57. The molecule has 4 aromatic rings. The van der Waals surface area contributed by atoms with Crippen molar-refractivity contribution in [2.75, 3.05) is 13.6 Å². The molecule has 0 radical (unpaired) electrons. The molecular weight excluding hydrogens is 592 g/mol. The Hall–Kier alpha value is -6.16. The van der Waals surface area contributed by atoms with Gasteiger partial charge in [-0.05, 0) is 95.1 Å². The van der Waals surface area contributed by atoms with Crippen LogP contribution in [0.1, 0.15) is 44.7 Å². The minimum atomic E-state index is -0.603. The van der Waals surface area contributed by atoms with Gasteiger partial charge >= 0.3 is 23.9 Å². The van der Waals surface area contributed by atoms with Crippen LogP contribution in [0.3, 0.4) is 0 Å². The van der Waals surface area contributed by atoms with Crippen LogP contribution in [0.25, 0.3) is 11.1 Å². The van der Waals surface area contributed by atoms with Gasteiger partial charge in [0, 0.05) is 18.1 Å². The maximum absolute atomic E-state index is 12.8. The van der Waals surface area contributed by atoms with Gasteiger partial charge in [-0.1, -0.05) is 32.2 Å². The van der Waals surface area contributed by atoms with Gasteiger partial charge in [0.05, 0.1) is 11.1 Å². The van der Waals surface area contributed by atoms with Crippen molar-refractivity contribution in [2.24, 2.45) is 0 Å². The Labute approximate surface area is 264 Å². The van der Waals surface area contributed by atoms with Crippen LogP contribution in [0.15, 0.2) is 110 Å². The second-order valence-corrected chi connectivity index (χ2v) is 9.91. The van der Waals surface area contributed by atoms with Crippen LogP contribution in [-0.2, 0) is 19.1 Å². The quantitative estimate of drug-likeness (QED) is 0.0762. The number of rotatable bonds is 12. The molecule has 0 atom stereocenters. The van der Waals surface area contributed by atoms with E-state index in [1.54, 1.807) is 60.7 Å². The molecule has 0 heterocycles. The van der Waals surface area contributed by atoms with Gasteiger partial charge in [0.2, 0.25) is 13.6 Å². The van der Waals surface area contributed by atoms with Crippen LogP contribution in [0.5, 0.6) is 23.0 Å². The Morgan fingerprint density at radius 3 is 1.33 bits per heavy atom. The first kappa shape index (κ1) is 31.3. The molecule has 0 spiro atoms. The monoisotopic (exact) mass is 620 g/mol. The number of carbonyl (C=O) groups is 4. The summed E-state index contributed by atoms with van der Waals surface area (Å²) in [6.07, 6.45) is 2.07. The van der Waals surface area contributed by atoms with E-state index in [9.17, 15) is 19.2 Å². The van der Waals surface area contributed by atoms with Gasteiger partial charge < -0.3 is 28.4 Å². The summed E-state index contributed by atoms with van der Waals surface area (Å²) in [6.45, 7) is 8.08. The largest absolute Gasteiger partial charge is 0.457 e. The SMILES string of the molecule is C=CC(=O)OCOc1ccc(C(=O)Oc2ccc3c(c2)C(C)c2cc(OC(=O)c4ccc(OCOC(=O)C=C)cc4)ccc2-3)cc1. The lowest BCUT2D eigenvalue weighted by Crippen LogP contribution is -2.10. The van der Waals surface area contributed by atoms with Crippen LogP contribution in [0.4, 0.5) is 0 Å². The molecule has 10 nitrogen and oxygen atoms in total. The molecule has 0 N–H and O–H groups in total. The fourth-order valence-corrected chi connectivity index (χ4v) is 4.72. The van der Waals surface area contributed by atoms with E-state index in [1.165, 1.54) is 0 Å². The third-order valence-electron chi connectivity index (χ3n) is 7.06. The van der Waals surface area contributed by atoms with Gasteiger partial charge in [0.1, 0.15) is 23.0 Å². The molecule has 1 aliphatic carbocycles. The van der Waals surface area contributed by atoms with Crippen molar-refractivity contribution in [3.8, 4) is 34.1 Å². The number of ether oxygens (including phenoxy) is 6. The highest BCUT2D eigenvalue weighted by molar-refractivity contribution is 5.92. The minimum absolute atomic E-state index is 0.0550. The predicted octanol–water partition coefficient (Wildman–Crippen LogP) is 6.39. The summed E-state index contributed by atoms with van der Waals surface area (Å²) in [5, 5.41) is 0. The van der Waals surface area contributed by atoms with Crippen LogP contribution in [0, 0.1) is 0 Å². The van der Waals surface area contributed by atoms with E-state index in [0.717, 1.165) is 34.4 Å². The van der Waals surface area contributed by atoms with Crippen molar-refractivity contribution in [1.82, 2.24) is 0 Å². The van der Waals surface area contributed by atoms with Crippen molar-refractivity contribution >= 4 is 23.9 Å². The molecule has 0 aliphatic heterocycles. The number of hydrogen-bond donors (Lipinski definition) is 0. The highest BCUT2D eigenvalue weighted by Gasteiger charge is 2.27. The highest BCUT2D eigenvalue weighted by atomic mass is 16.7. The summed E-state index contributed by atoms with van der Waals surface area (Å²) >= 11 is 0. The molecule has 4 aromatic carbocycles. The number of esters is 4. The molecule has 0 fully saturated rings. The van der Waals surface area contributed by atoms with Gasteiger partial charge in [-0.2, -0.15) is 0 Å². The third kappa shape index (κ3) is 7.31. The first-order chi connectivity index (χ1) is 22.2. The molecule has 1 aliphatic rings. The summed E-state index contributed by atoms with van der Waals surface area (Å²) in [7, 11) is 0. The standard InChI is InChI=1S/C36H28O10/c1-4-33(37)43-20-41-25-10-6-23(7-11-25)35(39)45-27-14-16-29-30-17-15-28(19-32(30)22(3)31(29)18-27)46-36(40)24-8-12-26(13-9-24)42-21-44-34(38)5-2/h4-19,22H,1-2,20-21H2,3H3. The zero-order valence-corrected chi connectivity index (χ0v) is 24.7. The highest BCUT2D eigenvalue weighted by Crippen LogP contribution is 2.47. The molecule has 0 amide bonds. The van der Waals surface area contributed by atoms with E-state index in [4.69, 9.17) is 28.4 Å². The molecule has 232 valence electrons. The summed E-state index contributed by atoms with van der Waals surface area (Å²) < 4.78 is 31.5. The lowest BCUT2D eigenvalue weighted by molar-refractivity contribution is -0.145. The Balaban J connectivity index is 1.19. The molecule has 46 heavy (non-hydrogen) atoms. The Morgan fingerprint density at radius 2 is 0.957 bits per heavy atom. The van der Waals surface area contributed by atoms with Gasteiger partial charge in [0.25, 0.3) is 0 Å². The van der Waals surface area contributed by atoms with Crippen LogP contribution < -0.4 is 18.9 Å². The second kappa shape index (κ2) is 14.1. The van der Waals surface area contributed by atoms with E-state index in [2.05, 4.69) is 13.2 Å². The van der Waals surface area contributed by atoms with Crippen molar-refractivity contribution in [1.29, 1.82) is 0 Å². The lowest BCUT2D eigenvalue weighted by Gasteiger charge is -2.11. The molecular formula is C36H28O10. The average molecular weight is 621 g/mol. The van der Waals surface area contributed by atoms with Gasteiger partial charge in [-0.15, -0.1) is 0 Å². The minimum Gasteiger partial charge on any atom is -0.457 e. The molecule has 0 saturated carbocycles. The Bertz CT molecular complexity index is 1670. The van der Waals surface area contributed by atoms with Crippen molar-refractivity contribution in [3.63, 3.8) is 0 Å². The molecule has 10 heteroatoms. The van der Waals surface area contributed by atoms with E-state index in [1.807, 2.05) is 31.2 Å². The predicted molar refractivity (Wildman–Crippen MR) is 166 cm³/mol. The van der Waals surface area contributed by atoms with Crippen LogP contribution >= 0.6 is 0 Å². The maximum atomic E-state index is 12.8. The molecule has 5 rings (SSSR count). The zero-order chi connectivity index (χ0) is 32.6. The van der Waals surface area contributed by atoms with Crippen LogP contribution in [-0.4, -0.2) is 37.5 Å². The number of benzene rings is 4. The van der Waals surface area contributed by atoms with E-state index >= 15 is 0 Å². The molecule has 0 bridgehead atoms. The molecule has 0 aromatic heterocycles. The fraction of sp³-hybridized carbons (Fsp3) is 0.111. The average Bonchev–Trinajstić information content (AvgIpc) is 3.35. The van der Waals surface area contributed by atoms with E-state index in [0.29, 0.717) is 34.1 Å². The summed E-state index contributed by atoms with van der Waals surface area (Å²) in [5.41, 5.74) is 4.55. The van der Waals surface area contributed by atoms with E-state index in [-0.39, 0.29) is 19.5 Å². The lowest BCUT2D eigenvalue weighted by atomic mass is 9.99. The van der Waals surface area contributed by atoms with Crippen molar-refractivity contribution < 1.29 is 47.6 Å². The van der Waals surface area contributed by atoms with Gasteiger partial charge in [0.15, 0.2) is 0 Å². The van der Waals surface area contributed by atoms with Crippen LogP contribution in [0.2, 0.25) is 0 Å². The van der Waals surface area contributed by atoms with Gasteiger partial charge in [-0.3, -0.25) is 0 Å². The fourth-order valence-electron chi connectivity index (χ4n) is 4.72.